The molecule has 158 valence electrons. The molecule has 0 amide bonds. The maximum absolute atomic E-state index is 13.2. The molecule has 1 saturated heterocycles. The van der Waals surface area contributed by atoms with Crippen LogP contribution in [0.5, 0.6) is 0 Å². The first-order valence-corrected chi connectivity index (χ1v) is 10.8. The maximum Gasteiger partial charge on any atom is 0.221 e. The predicted octanol–water partition coefficient (Wildman–Crippen LogP) is 3.95. The highest BCUT2D eigenvalue weighted by atomic mass is 16.3. The van der Waals surface area contributed by atoms with Gasteiger partial charge in [-0.05, 0) is 48.7 Å². The number of pyridine rings is 1. The molecule has 0 unspecified atom stereocenters. The van der Waals surface area contributed by atoms with Gasteiger partial charge >= 0.3 is 0 Å². The van der Waals surface area contributed by atoms with Crippen LogP contribution in [0.25, 0.3) is 33.2 Å². The highest BCUT2D eigenvalue weighted by Gasteiger charge is 2.19. The van der Waals surface area contributed by atoms with E-state index in [1.807, 2.05) is 0 Å². The fraction of sp³-hybridized carbons (Fsp3) is 0.280. The molecule has 0 spiro atoms. The minimum atomic E-state index is -0.190. The lowest BCUT2D eigenvalue weighted by Crippen LogP contribution is -2.49. The second-order valence-corrected chi connectivity index (χ2v) is 8.19. The van der Waals surface area contributed by atoms with Gasteiger partial charge in [0.25, 0.3) is 0 Å². The number of hydrogen-bond acceptors (Lipinski definition) is 6. The minimum Gasteiger partial charge on any atom is -0.453 e. The second-order valence-electron chi connectivity index (χ2n) is 8.19. The standard InChI is InChI=1S/C25H26N4O2/c1-3-16-13-28-23-24(30)22-19(26)5-4-6-20(22)31-25(23)21(16)17-7-9-18(10-8-17)29-12-11-27-15(2)14-29/h4-10,13,15,27H,3,11-12,14,26H2,1-2H3/t15-/m0/s1. The molecule has 1 fully saturated rings. The predicted molar refractivity (Wildman–Crippen MR) is 127 cm³/mol. The van der Waals surface area contributed by atoms with Gasteiger partial charge in [0.1, 0.15) is 5.58 Å². The fourth-order valence-electron chi connectivity index (χ4n) is 4.49. The van der Waals surface area contributed by atoms with E-state index in [1.54, 1.807) is 24.4 Å². The molecule has 0 radical (unpaired) electrons. The Labute approximate surface area is 180 Å². The van der Waals surface area contributed by atoms with Crippen LogP contribution in [0.4, 0.5) is 11.4 Å². The van der Waals surface area contributed by atoms with Crippen LogP contribution in [-0.4, -0.2) is 30.7 Å². The van der Waals surface area contributed by atoms with Gasteiger partial charge in [0.05, 0.1) is 5.39 Å². The Kier molecular flexibility index (Phi) is 4.87. The molecule has 6 nitrogen and oxygen atoms in total. The molecule has 3 N–H and O–H groups in total. The number of nitrogens with one attached hydrogen (secondary N) is 1. The first kappa shape index (κ1) is 19.6. The van der Waals surface area contributed by atoms with Crippen LogP contribution >= 0.6 is 0 Å². The lowest BCUT2D eigenvalue weighted by Gasteiger charge is -2.33. The third kappa shape index (κ3) is 3.33. The van der Waals surface area contributed by atoms with Crippen molar-refractivity contribution in [2.45, 2.75) is 26.3 Å². The summed E-state index contributed by atoms with van der Waals surface area (Å²) in [4.78, 5) is 20.0. The van der Waals surface area contributed by atoms with Crippen LogP contribution in [-0.2, 0) is 6.42 Å². The van der Waals surface area contributed by atoms with Crippen molar-refractivity contribution in [3.05, 3.63) is 64.4 Å². The molecule has 2 aromatic heterocycles. The normalized spacial score (nSPS) is 16.8. The van der Waals surface area contributed by atoms with Gasteiger partial charge in [0.2, 0.25) is 5.43 Å². The molecule has 0 aliphatic carbocycles. The van der Waals surface area contributed by atoms with Crippen LogP contribution in [0.2, 0.25) is 0 Å². The minimum absolute atomic E-state index is 0.190. The molecule has 1 atom stereocenters. The van der Waals surface area contributed by atoms with Gasteiger partial charge in [-0.1, -0.05) is 25.1 Å². The van der Waals surface area contributed by atoms with Crippen molar-refractivity contribution in [2.75, 3.05) is 30.3 Å². The summed E-state index contributed by atoms with van der Waals surface area (Å²) in [7, 11) is 0. The summed E-state index contributed by atoms with van der Waals surface area (Å²) in [6, 6.07) is 14.3. The van der Waals surface area contributed by atoms with Crippen molar-refractivity contribution in [2.24, 2.45) is 0 Å². The number of hydrogen-bond donors (Lipinski definition) is 2. The van der Waals surface area contributed by atoms with Crippen molar-refractivity contribution in [3.63, 3.8) is 0 Å². The first-order valence-electron chi connectivity index (χ1n) is 10.8. The van der Waals surface area contributed by atoms with E-state index in [2.05, 4.69) is 53.3 Å². The molecule has 0 bridgehead atoms. The van der Waals surface area contributed by atoms with Crippen LogP contribution in [0.1, 0.15) is 19.4 Å². The van der Waals surface area contributed by atoms with E-state index in [1.165, 1.54) is 5.69 Å². The van der Waals surface area contributed by atoms with Crippen LogP contribution < -0.4 is 21.4 Å². The summed E-state index contributed by atoms with van der Waals surface area (Å²) in [5.74, 6) is 0. The number of aromatic nitrogens is 1. The van der Waals surface area contributed by atoms with Gasteiger partial charge < -0.3 is 20.4 Å². The van der Waals surface area contributed by atoms with E-state index in [9.17, 15) is 4.79 Å². The fourth-order valence-corrected chi connectivity index (χ4v) is 4.49. The lowest BCUT2D eigenvalue weighted by molar-refractivity contribution is 0.485. The third-order valence-electron chi connectivity index (χ3n) is 6.10. The molecule has 5 rings (SSSR count). The molecule has 1 aliphatic rings. The number of fused-ring (bicyclic) bond motifs is 2. The van der Waals surface area contributed by atoms with Gasteiger partial charge in [-0.15, -0.1) is 0 Å². The van der Waals surface area contributed by atoms with Crippen LogP contribution in [0.3, 0.4) is 0 Å². The zero-order chi connectivity index (χ0) is 21.5. The van der Waals surface area contributed by atoms with Crippen molar-refractivity contribution in [1.29, 1.82) is 0 Å². The molecule has 2 aromatic carbocycles. The molecular formula is C25H26N4O2. The number of anilines is 2. The zero-order valence-corrected chi connectivity index (χ0v) is 17.8. The SMILES string of the molecule is CCc1cnc2c(=O)c3c(N)cccc3oc2c1-c1ccc(N2CCN[C@@H](C)C2)cc1. The average Bonchev–Trinajstić information content (AvgIpc) is 2.78. The van der Waals surface area contributed by atoms with Crippen LogP contribution in [0.15, 0.2) is 57.9 Å². The Balaban J connectivity index is 1.68. The number of nitrogen functional groups attached to an aromatic ring is 1. The number of piperazine rings is 1. The number of aryl methyl sites for hydroxylation is 1. The van der Waals surface area contributed by atoms with E-state index >= 15 is 0 Å². The quantitative estimate of drug-likeness (QED) is 0.390. The molecule has 4 aromatic rings. The maximum atomic E-state index is 13.2. The average molecular weight is 415 g/mol. The Morgan fingerprint density at radius 2 is 2.03 bits per heavy atom. The Morgan fingerprint density at radius 3 is 2.77 bits per heavy atom. The van der Waals surface area contributed by atoms with Gasteiger partial charge in [-0.25, -0.2) is 4.98 Å². The smallest absolute Gasteiger partial charge is 0.221 e. The summed E-state index contributed by atoms with van der Waals surface area (Å²) in [6.45, 7) is 7.25. The Hall–Kier alpha value is -3.38. The second kappa shape index (κ2) is 7.71. The van der Waals surface area contributed by atoms with Gasteiger partial charge in [-0.3, -0.25) is 4.79 Å². The molecule has 6 heteroatoms. The first-order chi connectivity index (χ1) is 15.1. The highest BCUT2D eigenvalue weighted by molar-refractivity contribution is 6.00. The number of benzene rings is 2. The summed E-state index contributed by atoms with van der Waals surface area (Å²) < 4.78 is 6.24. The largest absolute Gasteiger partial charge is 0.453 e. The molecule has 3 heterocycles. The zero-order valence-electron chi connectivity index (χ0n) is 17.8. The summed E-state index contributed by atoms with van der Waals surface area (Å²) in [6.07, 6.45) is 2.57. The highest BCUT2D eigenvalue weighted by Crippen LogP contribution is 2.34. The number of rotatable bonds is 3. The molecule has 31 heavy (non-hydrogen) atoms. The van der Waals surface area contributed by atoms with Gasteiger partial charge in [-0.2, -0.15) is 0 Å². The monoisotopic (exact) mass is 414 g/mol. The Morgan fingerprint density at radius 1 is 1.23 bits per heavy atom. The van der Waals surface area contributed by atoms with Crippen molar-refractivity contribution in [1.82, 2.24) is 10.3 Å². The summed E-state index contributed by atoms with van der Waals surface area (Å²) in [5, 5.41) is 3.87. The number of nitrogens with two attached hydrogens (primary N) is 1. The Bertz CT molecular complexity index is 1330. The van der Waals surface area contributed by atoms with Gasteiger partial charge in [0.15, 0.2) is 11.1 Å². The summed E-state index contributed by atoms with van der Waals surface area (Å²) >= 11 is 0. The van der Waals surface area contributed by atoms with Crippen molar-refractivity contribution in [3.8, 4) is 11.1 Å². The summed E-state index contributed by atoms with van der Waals surface area (Å²) in [5.41, 5.74) is 11.8. The van der Waals surface area contributed by atoms with Gasteiger partial charge in [0, 0.05) is 48.8 Å². The van der Waals surface area contributed by atoms with E-state index in [-0.39, 0.29) is 5.43 Å². The van der Waals surface area contributed by atoms with Crippen molar-refractivity contribution < 1.29 is 4.42 Å². The third-order valence-corrected chi connectivity index (χ3v) is 6.10. The number of nitrogens with zero attached hydrogens (tertiary/aromatic N) is 2. The molecule has 1 aliphatic heterocycles. The van der Waals surface area contributed by atoms with E-state index in [4.69, 9.17) is 10.2 Å². The van der Waals surface area contributed by atoms with E-state index in [0.717, 1.165) is 42.7 Å². The molecular weight excluding hydrogens is 388 g/mol. The lowest BCUT2D eigenvalue weighted by atomic mass is 9.97. The van der Waals surface area contributed by atoms with E-state index < -0.39 is 0 Å². The van der Waals surface area contributed by atoms with Crippen molar-refractivity contribution >= 4 is 33.4 Å². The topological polar surface area (TPSA) is 84.4 Å². The van der Waals surface area contributed by atoms with E-state index in [0.29, 0.717) is 33.8 Å². The van der Waals surface area contributed by atoms with Crippen LogP contribution in [0, 0.1) is 0 Å². The molecule has 0 saturated carbocycles.